The van der Waals surface area contributed by atoms with Crippen LogP contribution in [0.2, 0.25) is 0 Å². The predicted octanol–water partition coefficient (Wildman–Crippen LogP) is 4.33. The number of thiazole rings is 1. The standard InChI is InChI=1S/C17H14FNO2S2/c1-11-19-16(13-8-4-6-10-15(13)23(2,20)21)17(22-11)12-7-3-5-9-14(12)18/h3-10H,1-2H3. The van der Waals surface area contributed by atoms with Gasteiger partial charge in [0, 0.05) is 17.4 Å². The highest BCUT2D eigenvalue weighted by Gasteiger charge is 2.21. The van der Waals surface area contributed by atoms with Gasteiger partial charge in [-0.1, -0.05) is 36.4 Å². The highest BCUT2D eigenvalue weighted by Crippen LogP contribution is 2.39. The highest BCUT2D eigenvalue weighted by molar-refractivity contribution is 7.90. The Hall–Kier alpha value is -2.05. The van der Waals surface area contributed by atoms with Gasteiger partial charge in [-0.05, 0) is 19.1 Å². The Balaban J connectivity index is 2.31. The zero-order valence-corrected chi connectivity index (χ0v) is 14.2. The maximum Gasteiger partial charge on any atom is 0.176 e. The summed E-state index contributed by atoms with van der Waals surface area (Å²) in [6, 6.07) is 13.1. The van der Waals surface area contributed by atoms with Gasteiger partial charge in [0.25, 0.3) is 0 Å². The van der Waals surface area contributed by atoms with Crippen molar-refractivity contribution in [3.63, 3.8) is 0 Å². The van der Waals surface area contributed by atoms with Crippen LogP contribution in [0.15, 0.2) is 53.4 Å². The van der Waals surface area contributed by atoms with Crippen molar-refractivity contribution in [3.8, 4) is 21.7 Å². The van der Waals surface area contributed by atoms with Crippen LogP contribution in [-0.4, -0.2) is 19.7 Å². The van der Waals surface area contributed by atoms with E-state index < -0.39 is 9.84 Å². The van der Waals surface area contributed by atoms with Crippen LogP contribution in [0.1, 0.15) is 5.01 Å². The van der Waals surface area contributed by atoms with Gasteiger partial charge in [0.2, 0.25) is 0 Å². The molecule has 0 fully saturated rings. The maximum atomic E-state index is 14.2. The molecule has 0 aliphatic rings. The largest absolute Gasteiger partial charge is 0.241 e. The fourth-order valence-electron chi connectivity index (χ4n) is 2.42. The van der Waals surface area contributed by atoms with Crippen LogP contribution < -0.4 is 0 Å². The van der Waals surface area contributed by atoms with Crippen molar-refractivity contribution in [1.29, 1.82) is 0 Å². The molecular formula is C17H14FNO2S2. The Bertz CT molecular complexity index is 978. The highest BCUT2D eigenvalue weighted by atomic mass is 32.2. The second-order valence-corrected chi connectivity index (χ2v) is 8.35. The first kappa shape index (κ1) is 15.8. The number of benzene rings is 2. The van der Waals surface area contributed by atoms with E-state index in [1.807, 2.05) is 6.92 Å². The number of aromatic nitrogens is 1. The normalized spacial score (nSPS) is 11.6. The van der Waals surface area contributed by atoms with Crippen LogP contribution in [0, 0.1) is 12.7 Å². The summed E-state index contributed by atoms with van der Waals surface area (Å²) in [7, 11) is -3.41. The Morgan fingerprint density at radius 2 is 1.61 bits per heavy atom. The molecule has 0 amide bonds. The smallest absolute Gasteiger partial charge is 0.176 e. The van der Waals surface area contributed by atoms with E-state index in [1.165, 1.54) is 17.4 Å². The molecule has 2 aromatic carbocycles. The molecule has 0 unspecified atom stereocenters. The Kier molecular flexibility index (Phi) is 4.04. The van der Waals surface area contributed by atoms with Crippen molar-refractivity contribution < 1.29 is 12.8 Å². The summed E-state index contributed by atoms with van der Waals surface area (Å²) in [4.78, 5) is 5.29. The van der Waals surface area contributed by atoms with E-state index in [4.69, 9.17) is 0 Å². The van der Waals surface area contributed by atoms with Crippen molar-refractivity contribution in [2.45, 2.75) is 11.8 Å². The molecule has 3 rings (SSSR count). The monoisotopic (exact) mass is 347 g/mol. The topological polar surface area (TPSA) is 47.0 Å². The lowest BCUT2D eigenvalue weighted by molar-refractivity contribution is 0.602. The summed E-state index contributed by atoms with van der Waals surface area (Å²) in [5.41, 5.74) is 1.42. The molecule has 1 aromatic heterocycles. The Morgan fingerprint density at radius 1 is 1.00 bits per heavy atom. The van der Waals surface area contributed by atoms with E-state index in [9.17, 15) is 12.8 Å². The average Bonchev–Trinajstić information content (AvgIpc) is 2.88. The number of rotatable bonds is 3. The van der Waals surface area contributed by atoms with Crippen LogP contribution in [0.3, 0.4) is 0 Å². The Morgan fingerprint density at radius 3 is 2.26 bits per heavy atom. The Labute approximate surface area is 138 Å². The number of hydrogen-bond donors (Lipinski definition) is 0. The molecule has 0 aliphatic heterocycles. The van der Waals surface area contributed by atoms with Crippen molar-refractivity contribution >= 4 is 21.2 Å². The predicted molar refractivity (Wildman–Crippen MR) is 90.8 cm³/mol. The van der Waals surface area contributed by atoms with Gasteiger partial charge in [0.05, 0.1) is 20.5 Å². The first-order chi connectivity index (χ1) is 10.9. The molecule has 3 aromatic rings. The number of aryl methyl sites for hydroxylation is 1. The third-order valence-corrected chi connectivity index (χ3v) is 5.55. The van der Waals surface area contributed by atoms with Gasteiger partial charge in [0.15, 0.2) is 9.84 Å². The first-order valence-electron chi connectivity index (χ1n) is 6.89. The molecule has 118 valence electrons. The van der Waals surface area contributed by atoms with Gasteiger partial charge in [-0.2, -0.15) is 0 Å². The number of halogens is 1. The third kappa shape index (κ3) is 3.04. The minimum absolute atomic E-state index is 0.197. The molecule has 0 N–H and O–H groups in total. The van der Waals surface area contributed by atoms with Gasteiger partial charge >= 0.3 is 0 Å². The van der Waals surface area contributed by atoms with Gasteiger partial charge in [-0.15, -0.1) is 11.3 Å². The SMILES string of the molecule is Cc1nc(-c2ccccc2S(C)(=O)=O)c(-c2ccccc2F)s1. The molecule has 3 nitrogen and oxygen atoms in total. The zero-order valence-electron chi connectivity index (χ0n) is 12.6. The van der Waals surface area contributed by atoms with Crippen molar-refractivity contribution in [2.24, 2.45) is 0 Å². The number of nitrogens with zero attached hydrogens (tertiary/aromatic N) is 1. The second kappa shape index (κ2) is 5.86. The molecule has 0 saturated carbocycles. The zero-order chi connectivity index (χ0) is 16.6. The van der Waals surface area contributed by atoms with Crippen molar-refractivity contribution in [2.75, 3.05) is 6.26 Å². The summed E-state index contributed by atoms with van der Waals surface area (Å²) in [6.07, 6.45) is 1.16. The van der Waals surface area contributed by atoms with Crippen LogP contribution >= 0.6 is 11.3 Å². The van der Waals surface area contributed by atoms with Gasteiger partial charge in [-0.3, -0.25) is 0 Å². The molecule has 0 bridgehead atoms. The third-order valence-electron chi connectivity index (χ3n) is 3.39. The summed E-state index contributed by atoms with van der Waals surface area (Å²) in [5, 5.41) is 0.751. The molecular weight excluding hydrogens is 333 g/mol. The van der Waals surface area contributed by atoms with E-state index in [0.29, 0.717) is 21.7 Å². The van der Waals surface area contributed by atoms with Gasteiger partial charge in [0.1, 0.15) is 5.82 Å². The van der Waals surface area contributed by atoms with Crippen LogP contribution in [0.25, 0.3) is 21.7 Å². The average molecular weight is 347 g/mol. The number of hydrogen-bond acceptors (Lipinski definition) is 4. The molecule has 0 atom stereocenters. The molecule has 6 heteroatoms. The lowest BCUT2D eigenvalue weighted by atomic mass is 10.1. The summed E-state index contributed by atoms with van der Waals surface area (Å²) in [5.74, 6) is -0.353. The van der Waals surface area contributed by atoms with E-state index >= 15 is 0 Å². The van der Waals surface area contributed by atoms with Gasteiger partial charge < -0.3 is 0 Å². The molecule has 0 spiro atoms. The summed E-state index contributed by atoms with van der Waals surface area (Å²) < 4.78 is 38.3. The fraction of sp³-hybridized carbons (Fsp3) is 0.118. The fourth-order valence-corrected chi connectivity index (χ4v) is 4.27. The molecule has 0 saturated heterocycles. The molecule has 23 heavy (non-hydrogen) atoms. The van der Waals surface area contributed by atoms with Crippen LogP contribution in [-0.2, 0) is 9.84 Å². The minimum atomic E-state index is -3.41. The van der Waals surface area contributed by atoms with Crippen LogP contribution in [0.5, 0.6) is 0 Å². The lowest BCUT2D eigenvalue weighted by Crippen LogP contribution is -2.00. The quantitative estimate of drug-likeness (QED) is 0.708. The van der Waals surface area contributed by atoms with E-state index in [0.717, 1.165) is 11.3 Å². The molecule has 0 radical (unpaired) electrons. The van der Waals surface area contributed by atoms with E-state index in [2.05, 4.69) is 4.98 Å². The molecule has 0 aliphatic carbocycles. The van der Waals surface area contributed by atoms with E-state index in [-0.39, 0.29) is 10.7 Å². The first-order valence-corrected chi connectivity index (χ1v) is 9.60. The number of sulfone groups is 1. The molecule has 1 heterocycles. The minimum Gasteiger partial charge on any atom is -0.241 e. The van der Waals surface area contributed by atoms with Gasteiger partial charge in [-0.25, -0.2) is 17.8 Å². The summed E-state index contributed by atoms with van der Waals surface area (Å²) in [6.45, 7) is 1.82. The van der Waals surface area contributed by atoms with Crippen molar-refractivity contribution in [3.05, 3.63) is 59.4 Å². The van der Waals surface area contributed by atoms with Crippen LogP contribution in [0.4, 0.5) is 4.39 Å². The van der Waals surface area contributed by atoms with Crippen molar-refractivity contribution in [1.82, 2.24) is 4.98 Å². The summed E-state index contributed by atoms with van der Waals surface area (Å²) >= 11 is 1.35. The lowest BCUT2D eigenvalue weighted by Gasteiger charge is -2.08. The van der Waals surface area contributed by atoms with E-state index in [1.54, 1.807) is 42.5 Å². The second-order valence-electron chi connectivity index (χ2n) is 5.16. The maximum absolute atomic E-state index is 14.2.